The van der Waals surface area contributed by atoms with Crippen molar-refractivity contribution in [2.75, 3.05) is 20.6 Å². The Morgan fingerprint density at radius 2 is 1.90 bits per heavy atom. The predicted octanol–water partition coefficient (Wildman–Crippen LogP) is 6.50. The predicted molar refractivity (Wildman–Crippen MR) is 185 cm³/mol. The van der Waals surface area contributed by atoms with Crippen molar-refractivity contribution in [2.24, 2.45) is 11.8 Å². The van der Waals surface area contributed by atoms with Crippen molar-refractivity contribution >= 4 is 22.8 Å². The summed E-state index contributed by atoms with van der Waals surface area (Å²) in [7, 11) is 3.46. The number of pyridine rings is 2. The van der Waals surface area contributed by atoms with E-state index in [0.29, 0.717) is 11.8 Å². The topological polar surface area (TPSA) is 120 Å². The van der Waals surface area contributed by atoms with E-state index in [1.165, 1.54) is 0 Å². The number of amides is 1. The number of benzene rings is 1. The van der Waals surface area contributed by atoms with Crippen molar-refractivity contribution in [1.29, 1.82) is 0 Å². The molecule has 3 heterocycles. The number of aryl methyl sites for hydroxylation is 1. The molecule has 4 aromatic rings. The number of hydrogen-bond donors (Lipinski definition) is 3. The van der Waals surface area contributed by atoms with Crippen molar-refractivity contribution in [3.05, 3.63) is 87.2 Å². The minimum atomic E-state index is -4.76. The number of nitrogens with zero attached hydrogens (tertiary/aromatic N) is 3. The molecule has 264 valence electrons. The quantitative estimate of drug-likeness (QED) is 0.146. The van der Waals surface area contributed by atoms with Crippen molar-refractivity contribution in [2.45, 2.75) is 71.1 Å². The van der Waals surface area contributed by atoms with Gasteiger partial charge in [-0.15, -0.1) is 0 Å². The summed E-state index contributed by atoms with van der Waals surface area (Å²) in [6.07, 6.45) is -0.234. The van der Waals surface area contributed by atoms with Gasteiger partial charge in [0.15, 0.2) is 0 Å². The van der Waals surface area contributed by atoms with Crippen LogP contribution >= 0.6 is 0 Å². The van der Waals surface area contributed by atoms with E-state index in [0.717, 1.165) is 51.2 Å². The molecule has 1 amide bonds. The molecule has 0 saturated heterocycles. The zero-order chi connectivity index (χ0) is 36.3. The number of rotatable bonds is 12. The lowest BCUT2D eigenvalue weighted by atomic mass is 9.94. The van der Waals surface area contributed by atoms with E-state index in [1.54, 1.807) is 25.1 Å². The van der Waals surface area contributed by atoms with Crippen LogP contribution in [0.5, 0.6) is 0 Å². The third-order valence-corrected chi connectivity index (χ3v) is 8.74. The molecular formula is C38H42F3N5O4. The Labute approximate surface area is 288 Å². The van der Waals surface area contributed by atoms with E-state index in [2.05, 4.69) is 22.1 Å². The van der Waals surface area contributed by atoms with Crippen LogP contribution < -0.4 is 10.9 Å². The molecule has 9 nitrogen and oxygen atoms in total. The van der Waals surface area contributed by atoms with E-state index in [4.69, 9.17) is 4.98 Å². The van der Waals surface area contributed by atoms with Crippen LogP contribution in [0.15, 0.2) is 53.6 Å². The highest BCUT2D eigenvalue weighted by molar-refractivity contribution is 5.97. The van der Waals surface area contributed by atoms with E-state index >= 15 is 0 Å². The van der Waals surface area contributed by atoms with Crippen molar-refractivity contribution in [1.82, 2.24) is 24.8 Å². The molecular weight excluding hydrogens is 647 g/mol. The molecule has 2 atom stereocenters. The number of aromatic nitrogens is 3. The smallest absolute Gasteiger partial charge is 0.416 e. The van der Waals surface area contributed by atoms with Crippen molar-refractivity contribution < 1.29 is 27.9 Å². The number of alkyl halides is 3. The zero-order valence-corrected chi connectivity index (χ0v) is 28.8. The summed E-state index contributed by atoms with van der Waals surface area (Å²) in [4.78, 5) is 49.3. The van der Waals surface area contributed by atoms with E-state index in [9.17, 15) is 32.7 Å². The fourth-order valence-corrected chi connectivity index (χ4v) is 6.08. The molecule has 1 fully saturated rings. The summed E-state index contributed by atoms with van der Waals surface area (Å²) in [6, 6.07) is 7.69. The Bertz CT molecular complexity index is 2010. The number of aliphatic carboxylic acids is 1. The number of H-pyrrole nitrogens is 1. The van der Waals surface area contributed by atoms with Gasteiger partial charge in [0.05, 0.1) is 23.7 Å². The second-order valence-corrected chi connectivity index (χ2v) is 13.7. The average molecular weight is 690 g/mol. The monoisotopic (exact) mass is 689 g/mol. The highest BCUT2D eigenvalue weighted by atomic mass is 19.4. The number of halogens is 3. The highest BCUT2D eigenvalue weighted by Gasteiger charge is 2.36. The first-order chi connectivity index (χ1) is 23.6. The third kappa shape index (κ3) is 8.82. The van der Waals surface area contributed by atoms with Crippen molar-refractivity contribution in [3.63, 3.8) is 0 Å². The van der Waals surface area contributed by atoms with Crippen LogP contribution in [-0.4, -0.2) is 57.1 Å². The van der Waals surface area contributed by atoms with Gasteiger partial charge in [0.2, 0.25) is 5.91 Å². The molecule has 0 bridgehead atoms. The lowest BCUT2D eigenvalue weighted by molar-refractivity contribution is -0.139. The highest BCUT2D eigenvalue weighted by Crippen LogP contribution is 2.35. The number of hydrogen-bond acceptors (Lipinski definition) is 5. The largest absolute Gasteiger partial charge is 0.481 e. The van der Waals surface area contributed by atoms with Gasteiger partial charge in [-0.3, -0.25) is 14.4 Å². The standard InChI is InChI=1S/C38H42F3N5O4/c1-22(2)16-33(46-21-25(13-15-45(4)5)29(19-34(46)47)38(39,40)41)37(50)44-32(20-35(48)49)31-18-26(17-27(43-31)10-9-24-7-8-24)36-23(3)6-11-30-28(36)12-14-42-30/h6,11-12,14,17-19,21-22,24,32-33,42H,7-8,13,15-16,20H2,1-5H3,(H,44,50)(H,48,49)/t32-,33-/m0/s1. The maximum atomic E-state index is 14.2. The number of likely N-dealkylation sites (N-methyl/N-ethyl adjacent to an activating group) is 1. The molecule has 0 radical (unpaired) electrons. The minimum absolute atomic E-state index is 0.00548. The molecule has 50 heavy (non-hydrogen) atoms. The van der Waals surface area contributed by atoms with Gasteiger partial charge in [0.25, 0.3) is 5.56 Å². The van der Waals surface area contributed by atoms with E-state index in [1.807, 2.05) is 51.2 Å². The summed E-state index contributed by atoms with van der Waals surface area (Å²) < 4.78 is 43.1. The summed E-state index contributed by atoms with van der Waals surface area (Å²) in [5, 5.41) is 13.7. The zero-order valence-electron chi connectivity index (χ0n) is 28.8. The number of carboxylic acids is 1. The molecule has 3 aromatic heterocycles. The van der Waals surface area contributed by atoms with Crippen LogP contribution in [0.2, 0.25) is 0 Å². The SMILES string of the molecule is Cc1ccc2[nH]ccc2c1-c1cc(C#CC2CC2)nc([C@H](CC(=O)O)NC(=O)[C@H](CC(C)C)n2cc(CCN(C)C)c(C(F)(F)F)cc2=O)c1. The number of carbonyl (C=O) groups is 2. The van der Waals surface area contributed by atoms with Crippen LogP contribution in [-0.2, 0) is 22.2 Å². The fourth-order valence-electron chi connectivity index (χ4n) is 6.08. The van der Waals surface area contributed by atoms with Crippen LogP contribution in [0.4, 0.5) is 13.2 Å². The van der Waals surface area contributed by atoms with E-state index < -0.39 is 47.7 Å². The second kappa shape index (κ2) is 14.9. The first kappa shape index (κ1) is 36.4. The van der Waals surface area contributed by atoms with Gasteiger partial charge in [-0.1, -0.05) is 25.8 Å². The number of aromatic amines is 1. The minimum Gasteiger partial charge on any atom is -0.481 e. The Balaban J connectivity index is 1.59. The van der Waals surface area contributed by atoms with Gasteiger partial charge >= 0.3 is 12.1 Å². The second-order valence-electron chi connectivity index (χ2n) is 13.7. The van der Waals surface area contributed by atoms with Crippen LogP contribution in [0.3, 0.4) is 0 Å². The normalized spacial score (nSPS) is 14.4. The number of fused-ring (bicyclic) bond motifs is 1. The Kier molecular flexibility index (Phi) is 10.9. The summed E-state index contributed by atoms with van der Waals surface area (Å²) in [6.45, 7) is 5.92. The maximum Gasteiger partial charge on any atom is 0.416 e. The molecule has 3 N–H and O–H groups in total. The molecule has 1 aliphatic rings. The van der Waals surface area contributed by atoms with Gasteiger partial charge < -0.3 is 24.9 Å². The fraction of sp³-hybridized carbons (Fsp3) is 0.421. The number of carbonyl (C=O) groups excluding carboxylic acids is 1. The lowest BCUT2D eigenvalue weighted by Crippen LogP contribution is -2.41. The Morgan fingerprint density at radius 1 is 1.16 bits per heavy atom. The molecule has 1 aliphatic carbocycles. The van der Waals surface area contributed by atoms with Gasteiger partial charge in [0.1, 0.15) is 11.7 Å². The molecule has 5 rings (SSSR count). The Hall–Kier alpha value is -4.89. The van der Waals surface area contributed by atoms with Crippen LogP contribution in [0, 0.1) is 30.6 Å². The summed E-state index contributed by atoms with van der Waals surface area (Å²) >= 11 is 0. The summed E-state index contributed by atoms with van der Waals surface area (Å²) in [5.41, 5.74) is 2.08. The molecule has 0 unspecified atom stereocenters. The first-order valence-electron chi connectivity index (χ1n) is 16.7. The molecule has 12 heteroatoms. The van der Waals surface area contributed by atoms with Gasteiger partial charge in [-0.2, -0.15) is 13.2 Å². The van der Waals surface area contributed by atoms with Crippen molar-refractivity contribution in [3.8, 4) is 23.0 Å². The molecule has 0 aliphatic heterocycles. The van der Waals surface area contributed by atoms with Crippen LogP contribution in [0.25, 0.3) is 22.0 Å². The molecule has 0 spiro atoms. The van der Waals surface area contributed by atoms with Crippen LogP contribution in [0.1, 0.15) is 79.7 Å². The maximum absolute atomic E-state index is 14.2. The van der Waals surface area contributed by atoms with Gasteiger partial charge in [0, 0.05) is 41.8 Å². The molecule has 1 aromatic carbocycles. The third-order valence-electron chi connectivity index (χ3n) is 8.74. The van der Waals surface area contributed by atoms with Gasteiger partial charge in [-0.05, 0) is 105 Å². The molecule has 1 saturated carbocycles. The summed E-state index contributed by atoms with van der Waals surface area (Å²) in [5.74, 6) is 4.58. The average Bonchev–Trinajstić information content (AvgIpc) is 3.75. The lowest BCUT2D eigenvalue weighted by Gasteiger charge is -2.26. The number of nitrogens with one attached hydrogen (secondary N) is 2. The number of carboxylic acid groups (broad SMARTS) is 1. The Morgan fingerprint density at radius 3 is 2.54 bits per heavy atom. The first-order valence-corrected chi connectivity index (χ1v) is 16.7. The van der Waals surface area contributed by atoms with Gasteiger partial charge in [-0.25, -0.2) is 4.98 Å². The van der Waals surface area contributed by atoms with E-state index in [-0.39, 0.29) is 42.5 Å².